The molecule has 1 fully saturated rings. The van der Waals surface area contributed by atoms with E-state index in [0.29, 0.717) is 11.3 Å². The third-order valence-corrected chi connectivity index (χ3v) is 4.28. The monoisotopic (exact) mass is 294 g/mol. The average Bonchev–Trinajstić information content (AvgIpc) is 2.47. The Kier molecular flexibility index (Phi) is 5.17. The van der Waals surface area contributed by atoms with E-state index < -0.39 is 0 Å². The first-order valence-electron chi connectivity index (χ1n) is 7.40. The molecule has 2 rings (SSSR count). The molecule has 0 aromatic heterocycles. The number of carbonyl (C=O) groups is 1. The smallest absolute Gasteiger partial charge is 0.220 e. The van der Waals surface area contributed by atoms with Gasteiger partial charge in [-0.05, 0) is 44.7 Å². The second kappa shape index (κ2) is 6.89. The fraction of sp³-hybridized carbons (Fsp3) is 0.562. The van der Waals surface area contributed by atoms with Crippen LogP contribution in [-0.4, -0.2) is 19.1 Å². The van der Waals surface area contributed by atoms with Gasteiger partial charge in [-0.1, -0.05) is 6.07 Å². The lowest BCUT2D eigenvalue weighted by molar-refractivity contribution is -0.122. The quantitative estimate of drug-likeness (QED) is 0.877. The Bertz CT molecular complexity index is 499. The van der Waals surface area contributed by atoms with Crippen LogP contribution < -0.4 is 15.8 Å². The van der Waals surface area contributed by atoms with Gasteiger partial charge in [-0.25, -0.2) is 4.39 Å². The fourth-order valence-electron chi connectivity index (χ4n) is 3.10. The van der Waals surface area contributed by atoms with Crippen molar-refractivity contribution in [3.63, 3.8) is 0 Å². The zero-order valence-corrected chi connectivity index (χ0v) is 12.6. The van der Waals surface area contributed by atoms with Crippen LogP contribution in [0.3, 0.4) is 0 Å². The number of carbonyl (C=O) groups excluding carboxylic acids is 1. The van der Waals surface area contributed by atoms with E-state index in [1.165, 1.54) is 6.07 Å². The minimum absolute atomic E-state index is 0.0126. The molecule has 1 saturated carbocycles. The molecule has 0 spiro atoms. The van der Waals surface area contributed by atoms with Crippen molar-refractivity contribution in [2.75, 3.05) is 7.11 Å². The van der Waals surface area contributed by atoms with Crippen molar-refractivity contribution in [1.29, 1.82) is 0 Å². The molecule has 0 heterocycles. The molecule has 0 bridgehead atoms. The lowest BCUT2D eigenvalue weighted by Gasteiger charge is -2.30. The summed E-state index contributed by atoms with van der Waals surface area (Å²) in [6.45, 7) is 1.93. The topological polar surface area (TPSA) is 64.3 Å². The molecule has 5 heteroatoms. The van der Waals surface area contributed by atoms with Crippen LogP contribution in [0.5, 0.6) is 5.75 Å². The molecule has 1 amide bonds. The maximum absolute atomic E-state index is 14.0. The molecule has 116 valence electrons. The van der Waals surface area contributed by atoms with E-state index in [0.717, 1.165) is 25.7 Å². The minimum atomic E-state index is -0.264. The van der Waals surface area contributed by atoms with Crippen molar-refractivity contribution < 1.29 is 13.9 Å². The van der Waals surface area contributed by atoms with Crippen LogP contribution in [0.25, 0.3) is 0 Å². The number of primary amides is 1. The number of benzene rings is 1. The summed E-state index contributed by atoms with van der Waals surface area (Å²) in [6.07, 6.45) is 3.37. The van der Waals surface area contributed by atoms with Gasteiger partial charge >= 0.3 is 0 Å². The van der Waals surface area contributed by atoms with Crippen molar-refractivity contribution >= 4 is 5.91 Å². The van der Waals surface area contributed by atoms with Gasteiger partial charge in [0.1, 0.15) is 11.6 Å². The summed E-state index contributed by atoms with van der Waals surface area (Å²) in [7, 11) is 1.54. The SMILES string of the molecule is COc1cccc(F)c1C(C)NC1CCC(C(N)=O)CC1. The third-order valence-electron chi connectivity index (χ3n) is 4.28. The van der Waals surface area contributed by atoms with Crippen LogP contribution in [0.1, 0.15) is 44.2 Å². The molecule has 3 N–H and O–H groups in total. The second-order valence-electron chi connectivity index (χ2n) is 5.70. The van der Waals surface area contributed by atoms with Crippen LogP contribution >= 0.6 is 0 Å². The van der Waals surface area contributed by atoms with E-state index in [9.17, 15) is 9.18 Å². The molecule has 1 aromatic rings. The Balaban J connectivity index is 2.00. The van der Waals surface area contributed by atoms with Gasteiger partial charge in [0.15, 0.2) is 0 Å². The Hall–Kier alpha value is -1.62. The average molecular weight is 294 g/mol. The maximum atomic E-state index is 14.0. The number of ether oxygens (including phenoxy) is 1. The molecule has 0 radical (unpaired) electrons. The number of rotatable bonds is 5. The largest absolute Gasteiger partial charge is 0.496 e. The number of halogens is 1. The van der Waals surface area contributed by atoms with Crippen molar-refractivity contribution in [2.45, 2.75) is 44.7 Å². The highest BCUT2D eigenvalue weighted by molar-refractivity contribution is 5.76. The number of hydrogen-bond donors (Lipinski definition) is 2. The number of amides is 1. The van der Waals surface area contributed by atoms with Crippen LogP contribution in [0.15, 0.2) is 18.2 Å². The van der Waals surface area contributed by atoms with E-state index in [1.54, 1.807) is 19.2 Å². The fourth-order valence-corrected chi connectivity index (χ4v) is 3.10. The van der Waals surface area contributed by atoms with Crippen LogP contribution in [-0.2, 0) is 4.79 Å². The van der Waals surface area contributed by atoms with E-state index >= 15 is 0 Å². The van der Waals surface area contributed by atoms with Gasteiger partial charge in [-0.15, -0.1) is 0 Å². The van der Waals surface area contributed by atoms with E-state index in [4.69, 9.17) is 10.5 Å². The Morgan fingerprint density at radius 2 is 2.05 bits per heavy atom. The zero-order valence-electron chi connectivity index (χ0n) is 12.6. The molecule has 1 aliphatic rings. The van der Waals surface area contributed by atoms with Crippen LogP contribution in [0, 0.1) is 11.7 Å². The van der Waals surface area contributed by atoms with E-state index in [1.807, 2.05) is 6.92 Å². The highest BCUT2D eigenvalue weighted by Crippen LogP contribution is 2.30. The van der Waals surface area contributed by atoms with Crippen LogP contribution in [0.4, 0.5) is 4.39 Å². The number of nitrogens with one attached hydrogen (secondary N) is 1. The summed E-state index contributed by atoms with van der Waals surface area (Å²) in [5.41, 5.74) is 5.89. The molecule has 0 aliphatic heterocycles. The normalized spacial score (nSPS) is 23.6. The first-order valence-corrected chi connectivity index (χ1v) is 7.40. The first kappa shape index (κ1) is 15.8. The molecule has 1 unspecified atom stereocenters. The van der Waals surface area contributed by atoms with Gasteiger partial charge in [0.05, 0.1) is 7.11 Å². The predicted octanol–water partition coefficient (Wildman–Crippen LogP) is 2.53. The Morgan fingerprint density at radius 1 is 1.38 bits per heavy atom. The van der Waals surface area contributed by atoms with Crippen molar-refractivity contribution in [3.05, 3.63) is 29.6 Å². The molecule has 1 aliphatic carbocycles. The second-order valence-corrected chi connectivity index (χ2v) is 5.70. The van der Waals surface area contributed by atoms with E-state index in [2.05, 4.69) is 5.32 Å². The molecular formula is C16H23FN2O2. The van der Waals surface area contributed by atoms with E-state index in [-0.39, 0.29) is 29.7 Å². The number of methoxy groups -OCH3 is 1. The molecule has 1 atom stereocenters. The van der Waals surface area contributed by atoms with Gasteiger partial charge in [0.25, 0.3) is 0 Å². The molecular weight excluding hydrogens is 271 g/mol. The van der Waals surface area contributed by atoms with Crippen molar-refractivity contribution in [1.82, 2.24) is 5.32 Å². The molecule has 1 aromatic carbocycles. The maximum Gasteiger partial charge on any atom is 0.220 e. The van der Waals surface area contributed by atoms with Gasteiger partial charge in [0, 0.05) is 23.6 Å². The highest BCUT2D eigenvalue weighted by atomic mass is 19.1. The standard InChI is InChI=1S/C16H23FN2O2/c1-10(15-13(17)4-3-5-14(15)21-2)19-12-8-6-11(7-9-12)16(18)20/h3-5,10-12,19H,6-9H2,1-2H3,(H2,18,20). The lowest BCUT2D eigenvalue weighted by Crippen LogP contribution is -2.38. The summed E-state index contributed by atoms with van der Waals surface area (Å²) >= 11 is 0. The third kappa shape index (κ3) is 3.73. The minimum Gasteiger partial charge on any atom is -0.496 e. The summed E-state index contributed by atoms with van der Waals surface area (Å²) < 4.78 is 19.3. The summed E-state index contributed by atoms with van der Waals surface area (Å²) in [5, 5.41) is 3.44. The number of hydrogen-bond acceptors (Lipinski definition) is 3. The molecule has 0 saturated heterocycles. The Labute approximate surface area is 124 Å². The van der Waals surface area contributed by atoms with Gasteiger partial charge in [-0.3, -0.25) is 4.79 Å². The zero-order chi connectivity index (χ0) is 15.4. The van der Waals surface area contributed by atoms with Crippen molar-refractivity contribution in [2.24, 2.45) is 11.7 Å². The van der Waals surface area contributed by atoms with Crippen LogP contribution in [0.2, 0.25) is 0 Å². The van der Waals surface area contributed by atoms with Gasteiger partial charge in [0.2, 0.25) is 5.91 Å². The number of nitrogens with two attached hydrogens (primary N) is 1. The molecule has 4 nitrogen and oxygen atoms in total. The van der Waals surface area contributed by atoms with Gasteiger partial charge in [-0.2, -0.15) is 0 Å². The summed E-state index contributed by atoms with van der Waals surface area (Å²) in [5.74, 6) is 0.0691. The summed E-state index contributed by atoms with van der Waals surface area (Å²) in [4.78, 5) is 11.2. The summed E-state index contributed by atoms with van der Waals surface area (Å²) in [6, 6.07) is 4.99. The molecule has 21 heavy (non-hydrogen) atoms. The Morgan fingerprint density at radius 3 is 2.62 bits per heavy atom. The highest BCUT2D eigenvalue weighted by Gasteiger charge is 2.26. The van der Waals surface area contributed by atoms with Gasteiger partial charge < -0.3 is 15.8 Å². The van der Waals surface area contributed by atoms with Crippen molar-refractivity contribution in [3.8, 4) is 5.75 Å². The predicted molar refractivity (Wildman–Crippen MR) is 79.4 cm³/mol. The first-order chi connectivity index (χ1) is 10.0. The lowest BCUT2D eigenvalue weighted by atomic mass is 9.85.